The predicted molar refractivity (Wildman–Crippen MR) is 109 cm³/mol. The van der Waals surface area contributed by atoms with Gasteiger partial charge in [-0.15, -0.1) is 24.0 Å². The van der Waals surface area contributed by atoms with Crippen LogP contribution in [0.2, 0.25) is 5.02 Å². The normalized spacial score (nSPS) is 11.6. The van der Waals surface area contributed by atoms with E-state index in [4.69, 9.17) is 21.5 Å². The van der Waals surface area contributed by atoms with Crippen molar-refractivity contribution in [3.05, 3.63) is 29.3 Å². The third kappa shape index (κ3) is 10.2. The molecule has 0 spiro atoms. The Balaban J connectivity index is 0.00000529. The van der Waals surface area contributed by atoms with Gasteiger partial charge in [0, 0.05) is 18.6 Å². The number of hydrogen-bond acceptors (Lipinski definition) is 4. The van der Waals surface area contributed by atoms with E-state index >= 15 is 0 Å². The van der Waals surface area contributed by atoms with Gasteiger partial charge in [0.2, 0.25) is 10.0 Å². The van der Waals surface area contributed by atoms with Crippen LogP contribution in [0.3, 0.4) is 0 Å². The Morgan fingerprint density at radius 2 is 2.00 bits per heavy atom. The molecular formula is C14H24ClIN4O3S. The van der Waals surface area contributed by atoms with E-state index in [-0.39, 0.29) is 36.3 Å². The maximum atomic E-state index is 10.9. The van der Waals surface area contributed by atoms with Crippen LogP contribution in [0.25, 0.3) is 0 Å². The number of hydrogen-bond donors (Lipinski definition) is 2. The minimum atomic E-state index is -3.51. The Bertz CT molecular complexity index is 611. The van der Waals surface area contributed by atoms with Crippen molar-refractivity contribution >= 4 is 51.6 Å². The van der Waals surface area contributed by atoms with Crippen LogP contribution < -0.4 is 15.2 Å². The van der Waals surface area contributed by atoms with Crippen LogP contribution >= 0.6 is 35.6 Å². The molecule has 3 N–H and O–H groups in total. The summed E-state index contributed by atoms with van der Waals surface area (Å²) in [5.41, 5.74) is 0. The number of nitrogens with one attached hydrogen (secondary N) is 1. The summed E-state index contributed by atoms with van der Waals surface area (Å²) in [6.07, 6.45) is 0. The molecule has 1 aromatic carbocycles. The number of benzene rings is 1. The van der Waals surface area contributed by atoms with Crippen molar-refractivity contribution in [3.63, 3.8) is 0 Å². The molecule has 0 unspecified atom stereocenters. The number of rotatable bonds is 8. The molecule has 0 amide bonds. The molecule has 0 aliphatic carbocycles. The number of likely N-dealkylation sites (N-methyl/N-ethyl adjacent to an activating group) is 1. The molecule has 138 valence electrons. The van der Waals surface area contributed by atoms with Crippen LogP contribution in [0.15, 0.2) is 29.3 Å². The Labute approximate surface area is 165 Å². The van der Waals surface area contributed by atoms with Crippen LogP contribution in [0.4, 0.5) is 0 Å². The highest BCUT2D eigenvalue weighted by Gasteiger charge is 2.07. The molecular weight excluding hydrogens is 467 g/mol. The average molecular weight is 491 g/mol. The van der Waals surface area contributed by atoms with Crippen molar-refractivity contribution in [3.8, 4) is 5.75 Å². The highest BCUT2D eigenvalue weighted by atomic mass is 127. The number of guanidine groups is 1. The maximum Gasteiger partial charge on any atom is 0.210 e. The van der Waals surface area contributed by atoms with Crippen LogP contribution in [-0.2, 0) is 10.0 Å². The van der Waals surface area contributed by atoms with Crippen molar-refractivity contribution in [1.29, 1.82) is 0 Å². The third-order valence-electron chi connectivity index (χ3n) is 2.84. The summed E-state index contributed by atoms with van der Waals surface area (Å²) in [7, 11) is -1.65. The lowest BCUT2D eigenvalue weighted by Crippen LogP contribution is -2.41. The fourth-order valence-corrected chi connectivity index (χ4v) is 2.16. The fourth-order valence-electron chi connectivity index (χ4n) is 1.69. The maximum absolute atomic E-state index is 10.9. The molecule has 0 bridgehead atoms. The van der Waals surface area contributed by atoms with Gasteiger partial charge in [0.25, 0.3) is 0 Å². The van der Waals surface area contributed by atoms with Crippen LogP contribution in [-0.4, -0.2) is 58.3 Å². The first kappa shape index (κ1) is 23.2. The Morgan fingerprint density at radius 3 is 2.54 bits per heavy atom. The van der Waals surface area contributed by atoms with Gasteiger partial charge < -0.3 is 15.0 Å². The second-order valence-electron chi connectivity index (χ2n) is 4.83. The molecule has 1 rings (SSSR count). The van der Waals surface area contributed by atoms with E-state index < -0.39 is 10.0 Å². The van der Waals surface area contributed by atoms with E-state index in [0.29, 0.717) is 30.7 Å². The third-order valence-corrected chi connectivity index (χ3v) is 3.85. The zero-order valence-electron chi connectivity index (χ0n) is 13.7. The number of ether oxygens (including phenoxy) is 1. The van der Waals surface area contributed by atoms with E-state index in [2.05, 4.69) is 10.3 Å². The van der Waals surface area contributed by atoms with Gasteiger partial charge in [0.1, 0.15) is 12.4 Å². The van der Waals surface area contributed by atoms with Crippen molar-refractivity contribution < 1.29 is 13.2 Å². The average Bonchev–Trinajstić information content (AvgIpc) is 2.47. The molecule has 0 aromatic heterocycles. The Hall–Kier alpha value is -0.780. The first-order valence-corrected chi connectivity index (χ1v) is 9.29. The van der Waals surface area contributed by atoms with Gasteiger partial charge in [-0.05, 0) is 31.2 Å². The van der Waals surface area contributed by atoms with Crippen molar-refractivity contribution in [2.45, 2.75) is 6.92 Å². The van der Waals surface area contributed by atoms with Crippen LogP contribution in [0, 0.1) is 0 Å². The largest absolute Gasteiger partial charge is 0.492 e. The van der Waals surface area contributed by atoms with Crippen LogP contribution in [0.5, 0.6) is 5.75 Å². The molecule has 0 fully saturated rings. The summed E-state index contributed by atoms with van der Waals surface area (Å²) >= 11 is 5.81. The Morgan fingerprint density at radius 1 is 1.38 bits per heavy atom. The summed E-state index contributed by atoms with van der Waals surface area (Å²) in [5, 5.41) is 8.72. The number of nitrogens with zero attached hydrogens (tertiary/aromatic N) is 2. The molecule has 0 radical (unpaired) electrons. The SMILES string of the molecule is CCNC(=NCCS(N)(=O)=O)N(C)CCOc1ccc(Cl)cc1.I. The summed E-state index contributed by atoms with van der Waals surface area (Å²) in [5.74, 6) is 1.16. The first-order chi connectivity index (χ1) is 10.8. The number of sulfonamides is 1. The molecule has 24 heavy (non-hydrogen) atoms. The predicted octanol–water partition coefficient (Wildman–Crippen LogP) is 1.52. The summed E-state index contributed by atoms with van der Waals surface area (Å²) in [6, 6.07) is 7.13. The van der Waals surface area contributed by atoms with Gasteiger partial charge in [0.15, 0.2) is 5.96 Å². The lowest BCUT2D eigenvalue weighted by molar-refractivity contribution is 0.281. The van der Waals surface area contributed by atoms with E-state index in [9.17, 15) is 8.42 Å². The van der Waals surface area contributed by atoms with Crippen molar-refractivity contribution in [2.75, 3.05) is 39.0 Å². The molecule has 0 aliphatic rings. The molecule has 0 atom stereocenters. The highest BCUT2D eigenvalue weighted by molar-refractivity contribution is 14.0. The van der Waals surface area contributed by atoms with Gasteiger partial charge in [-0.2, -0.15) is 0 Å². The van der Waals surface area contributed by atoms with E-state index in [1.54, 1.807) is 24.3 Å². The van der Waals surface area contributed by atoms with Crippen molar-refractivity contribution in [2.24, 2.45) is 10.1 Å². The van der Waals surface area contributed by atoms with Gasteiger partial charge in [-0.3, -0.25) is 4.99 Å². The molecule has 0 saturated carbocycles. The second-order valence-corrected chi connectivity index (χ2v) is 7.00. The summed E-state index contributed by atoms with van der Waals surface area (Å²) < 4.78 is 27.5. The van der Waals surface area contributed by atoms with E-state index in [1.165, 1.54) is 0 Å². The van der Waals surface area contributed by atoms with E-state index in [1.807, 2.05) is 18.9 Å². The van der Waals surface area contributed by atoms with Gasteiger partial charge in [0.05, 0.1) is 18.8 Å². The first-order valence-electron chi connectivity index (χ1n) is 7.20. The molecule has 0 saturated heterocycles. The quantitative estimate of drug-likeness (QED) is 0.327. The molecule has 7 nitrogen and oxygen atoms in total. The zero-order valence-corrected chi connectivity index (χ0v) is 17.6. The number of nitrogens with two attached hydrogens (primary N) is 1. The minimum absolute atomic E-state index is 0. The van der Waals surface area contributed by atoms with Gasteiger partial charge in [-0.25, -0.2) is 13.6 Å². The molecule has 0 heterocycles. The summed E-state index contributed by atoms with van der Waals surface area (Å²) in [4.78, 5) is 6.10. The summed E-state index contributed by atoms with van der Waals surface area (Å²) in [6.45, 7) is 3.77. The second kappa shape index (κ2) is 11.7. The monoisotopic (exact) mass is 490 g/mol. The van der Waals surface area contributed by atoms with Crippen LogP contribution in [0.1, 0.15) is 6.92 Å². The topological polar surface area (TPSA) is 97.0 Å². The number of primary sulfonamides is 1. The molecule has 1 aromatic rings. The lowest BCUT2D eigenvalue weighted by Gasteiger charge is -2.22. The number of halogens is 2. The molecule has 0 aliphatic heterocycles. The smallest absolute Gasteiger partial charge is 0.210 e. The number of aliphatic imine (C=N–C) groups is 1. The minimum Gasteiger partial charge on any atom is -0.492 e. The highest BCUT2D eigenvalue weighted by Crippen LogP contribution is 2.15. The zero-order chi connectivity index (χ0) is 17.3. The fraction of sp³-hybridized carbons (Fsp3) is 0.500. The van der Waals surface area contributed by atoms with Gasteiger partial charge >= 0.3 is 0 Å². The Kier molecular flexibility index (Phi) is 11.3. The van der Waals surface area contributed by atoms with Crippen molar-refractivity contribution in [1.82, 2.24) is 10.2 Å². The van der Waals surface area contributed by atoms with Gasteiger partial charge in [-0.1, -0.05) is 11.6 Å². The lowest BCUT2D eigenvalue weighted by atomic mass is 10.3. The molecule has 10 heteroatoms. The standard InChI is InChI=1S/C14H23ClN4O3S.HI/c1-3-17-14(18-8-11-23(16,20)21)19(2)9-10-22-13-6-4-12(15)5-7-13;/h4-7H,3,8-11H2,1-2H3,(H,17,18)(H2,16,20,21);1H. The van der Waals surface area contributed by atoms with E-state index in [0.717, 1.165) is 5.75 Å².